The smallest absolute Gasteiger partial charge is 0.222 e. The lowest BCUT2D eigenvalue weighted by Crippen LogP contribution is -2.50. The standard InChI is InChI=1S/C16H26N4O4S.ClH/c21-16(2-1-14-3-6-17-7-4-14)19-8-10-20(11-9-19)25(22,23)13-15-5-12-24-18-15;/h5,12,14,17H,1-4,6-11,13H2;1H. The molecule has 1 N–H and O–H groups in total. The van der Waals surface area contributed by atoms with Crippen LogP contribution in [0.25, 0.3) is 0 Å². The van der Waals surface area contributed by atoms with Crippen molar-refractivity contribution in [3.05, 3.63) is 18.0 Å². The Morgan fingerprint density at radius 1 is 1.23 bits per heavy atom. The molecule has 10 heteroatoms. The molecule has 1 aromatic heterocycles. The van der Waals surface area contributed by atoms with E-state index < -0.39 is 10.0 Å². The molecule has 2 aliphatic rings. The first-order valence-corrected chi connectivity index (χ1v) is 10.5. The molecule has 0 atom stereocenters. The Balaban J connectivity index is 0.00000243. The van der Waals surface area contributed by atoms with Gasteiger partial charge in [0.1, 0.15) is 12.0 Å². The summed E-state index contributed by atoms with van der Waals surface area (Å²) in [7, 11) is -3.42. The van der Waals surface area contributed by atoms with Gasteiger partial charge in [-0.05, 0) is 38.3 Å². The third-order valence-corrected chi connectivity index (χ3v) is 6.84. The third kappa shape index (κ3) is 5.67. The van der Waals surface area contributed by atoms with Crippen molar-refractivity contribution in [1.82, 2.24) is 19.7 Å². The van der Waals surface area contributed by atoms with Crippen LogP contribution in [0.4, 0.5) is 0 Å². The first-order chi connectivity index (χ1) is 12.0. The maximum atomic E-state index is 12.4. The Morgan fingerprint density at radius 3 is 2.54 bits per heavy atom. The topological polar surface area (TPSA) is 95.8 Å². The van der Waals surface area contributed by atoms with E-state index in [1.54, 1.807) is 11.0 Å². The van der Waals surface area contributed by atoms with Crippen LogP contribution in [0.3, 0.4) is 0 Å². The Kier molecular flexibility index (Phi) is 7.87. The first kappa shape index (κ1) is 21.1. The van der Waals surface area contributed by atoms with Crippen LogP contribution in [0, 0.1) is 5.92 Å². The molecule has 0 bridgehead atoms. The number of nitrogens with one attached hydrogen (secondary N) is 1. The van der Waals surface area contributed by atoms with Crippen molar-refractivity contribution < 1.29 is 17.7 Å². The van der Waals surface area contributed by atoms with Gasteiger partial charge in [0.15, 0.2) is 0 Å². The van der Waals surface area contributed by atoms with Crippen LogP contribution in [-0.4, -0.2) is 68.0 Å². The van der Waals surface area contributed by atoms with Crippen LogP contribution >= 0.6 is 12.4 Å². The summed E-state index contributed by atoms with van der Waals surface area (Å²) in [6.07, 6.45) is 5.15. The number of halogens is 1. The molecule has 0 aliphatic carbocycles. The number of hydrogen-bond donors (Lipinski definition) is 1. The van der Waals surface area contributed by atoms with Crippen molar-refractivity contribution in [3.8, 4) is 0 Å². The molecule has 1 amide bonds. The molecule has 2 fully saturated rings. The molecule has 148 valence electrons. The van der Waals surface area contributed by atoms with Gasteiger partial charge >= 0.3 is 0 Å². The second-order valence-electron chi connectivity index (χ2n) is 6.76. The highest BCUT2D eigenvalue weighted by molar-refractivity contribution is 7.88. The van der Waals surface area contributed by atoms with Crippen LogP contribution in [0.2, 0.25) is 0 Å². The minimum Gasteiger partial charge on any atom is -0.364 e. The molecule has 26 heavy (non-hydrogen) atoms. The maximum Gasteiger partial charge on any atom is 0.222 e. The number of piperidine rings is 1. The zero-order valence-electron chi connectivity index (χ0n) is 14.8. The molecule has 0 unspecified atom stereocenters. The van der Waals surface area contributed by atoms with Gasteiger partial charge in [0, 0.05) is 38.7 Å². The predicted octanol–water partition coefficient (Wildman–Crippen LogP) is 0.850. The van der Waals surface area contributed by atoms with E-state index in [2.05, 4.69) is 15.0 Å². The SMILES string of the molecule is Cl.O=C(CCC1CCNCC1)N1CCN(S(=O)(=O)Cc2ccon2)CC1. The number of amides is 1. The van der Waals surface area contributed by atoms with E-state index in [9.17, 15) is 13.2 Å². The Morgan fingerprint density at radius 2 is 1.92 bits per heavy atom. The van der Waals surface area contributed by atoms with Gasteiger partial charge in [0.05, 0.1) is 5.69 Å². The molecule has 1 aromatic rings. The zero-order valence-corrected chi connectivity index (χ0v) is 16.4. The number of sulfonamides is 1. The molecule has 0 spiro atoms. The van der Waals surface area contributed by atoms with Gasteiger partial charge in [-0.25, -0.2) is 8.42 Å². The number of rotatable bonds is 6. The van der Waals surface area contributed by atoms with Gasteiger partial charge in [0.25, 0.3) is 0 Å². The summed E-state index contributed by atoms with van der Waals surface area (Å²) in [5, 5.41) is 6.99. The largest absolute Gasteiger partial charge is 0.364 e. The second-order valence-corrected chi connectivity index (χ2v) is 8.73. The van der Waals surface area contributed by atoms with Crippen molar-refractivity contribution in [1.29, 1.82) is 0 Å². The van der Waals surface area contributed by atoms with Crippen molar-refractivity contribution in [3.63, 3.8) is 0 Å². The highest BCUT2D eigenvalue weighted by atomic mass is 35.5. The van der Waals surface area contributed by atoms with Crippen LogP contribution < -0.4 is 5.32 Å². The van der Waals surface area contributed by atoms with Crippen LogP contribution in [-0.2, 0) is 20.6 Å². The molecule has 2 aliphatic heterocycles. The normalized spacial score (nSPS) is 19.9. The number of hydrogen-bond acceptors (Lipinski definition) is 6. The average Bonchev–Trinajstić information content (AvgIpc) is 3.13. The third-order valence-electron chi connectivity index (χ3n) is 5.03. The highest BCUT2D eigenvalue weighted by Gasteiger charge is 2.29. The number of piperazine rings is 1. The minimum atomic E-state index is -3.42. The molecule has 0 aromatic carbocycles. The van der Waals surface area contributed by atoms with E-state index in [0.29, 0.717) is 44.2 Å². The van der Waals surface area contributed by atoms with Gasteiger partial charge in [0.2, 0.25) is 15.9 Å². The van der Waals surface area contributed by atoms with E-state index in [0.717, 1.165) is 32.4 Å². The van der Waals surface area contributed by atoms with E-state index in [1.807, 2.05) is 0 Å². The van der Waals surface area contributed by atoms with Crippen LogP contribution in [0.5, 0.6) is 0 Å². The Hall–Kier alpha value is -1.16. The van der Waals surface area contributed by atoms with Crippen molar-refractivity contribution >= 4 is 28.3 Å². The molecule has 8 nitrogen and oxygen atoms in total. The summed E-state index contributed by atoms with van der Waals surface area (Å²) in [6.45, 7) is 3.70. The monoisotopic (exact) mass is 406 g/mol. The second kappa shape index (κ2) is 9.68. The van der Waals surface area contributed by atoms with Gasteiger partial charge in [-0.3, -0.25) is 4.79 Å². The lowest BCUT2D eigenvalue weighted by molar-refractivity contribution is -0.132. The van der Waals surface area contributed by atoms with E-state index in [1.165, 1.54) is 10.6 Å². The molecular formula is C16H27ClN4O4S. The molecular weight excluding hydrogens is 380 g/mol. The van der Waals surface area contributed by atoms with Gasteiger partial charge in [-0.1, -0.05) is 5.16 Å². The predicted molar refractivity (Wildman–Crippen MR) is 99.4 cm³/mol. The number of aromatic nitrogens is 1. The lowest BCUT2D eigenvalue weighted by atomic mass is 9.93. The Labute approximate surface area is 160 Å². The quantitative estimate of drug-likeness (QED) is 0.752. The molecule has 3 heterocycles. The summed E-state index contributed by atoms with van der Waals surface area (Å²) in [5.41, 5.74) is 0.403. The number of carbonyl (C=O) groups is 1. The summed E-state index contributed by atoms with van der Waals surface area (Å²) in [5.74, 6) is 0.620. The maximum absolute atomic E-state index is 12.4. The zero-order chi connectivity index (χ0) is 17.7. The highest BCUT2D eigenvalue weighted by Crippen LogP contribution is 2.19. The summed E-state index contributed by atoms with van der Waals surface area (Å²) >= 11 is 0. The van der Waals surface area contributed by atoms with Crippen molar-refractivity contribution in [2.24, 2.45) is 5.92 Å². The molecule has 2 saturated heterocycles. The lowest BCUT2D eigenvalue weighted by Gasteiger charge is -2.34. The fraction of sp³-hybridized carbons (Fsp3) is 0.750. The fourth-order valence-corrected chi connectivity index (χ4v) is 4.89. The summed E-state index contributed by atoms with van der Waals surface area (Å²) < 4.78 is 30.9. The van der Waals surface area contributed by atoms with Crippen LogP contribution in [0.1, 0.15) is 31.4 Å². The minimum absolute atomic E-state index is 0. The Bertz CT molecular complexity index is 654. The molecule has 0 radical (unpaired) electrons. The summed E-state index contributed by atoms with van der Waals surface area (Å²) in [4.78, 5) is 14.2. The van der Waals surface area contributed by atoms with Gasteiger partial charge in [-0.2, -0.15) is 4.31 Å². The first-order valence-electron chi connectivity index (χ1n) is 8.90. The number of carbonyl (C=O) groups excluding carboxylic acids is 1. The fourth-order valence-electron chi connectivity index (χ4n) is 3.46. The van der Waals surface area contributed by atoms with E-state index in [4.69, 9.17) is 0 Å². The molecule has 3 rings (SSSR count). The van der Waals surface area contributed by atoms with Crippen LogP contribution in [0.15, 0.2) is 16.9 Å². The summed E-state index contributed by atoms with van der Waals surface area (Å²) in [6, 6.07) is 1.55. The van der Waals surface area contributed by atoms with E-state index in [-0.39, 0.29) is 24.1 Å². The van der Waals surface area contributed by atoms with Gasteiger partial charge < -0.3 is 14.7 Å². The van der Waals surface area contributed by atoms with E-state index >= 15 is 0 Å². The van der Waals surface area contributed by atoms with Crippen molar-refractivity contribution in [2.75, 3.05) is 39.3 Å². The van der Waals surface area contributed by atoms with Gasteiger partial charge in [-0.15, -0.1) is 12.4 Å². The van der Waals surface area contributed by atoms with Crippen molar-refractivity contribution in [2.45, 2.75) is 31.4 Å². The average molecular weight is 407 g/mol. The molecule has 0 saturated carbocycles. The number of nitrogens with zero attached hydrogens (tertiary/aromatic N) is 3.